The quantitative estimate of drug-likeness (QED) is 0.462. The molecule has 0 fully saturated rings. The summed E-state index contributed by atoms with van der Waals surface area (Å²) in [5.41, 5.74) is 10.5. The van der Waals surface area contributed by atoms with E-state index in [1.807, 2.05) is 32.2 Å². The number of carboxylic acid groups (broad SMARTS) is 1. The molecule has 1 N–H and O–H groups in total. The lowest BCUT2D eigenvalue weighted by atomic mass is 9.80. The van der Waals surface area contributed by atoms with Crippen LogP contribution in [0.1, 0.15) is 39.8 Å². The van der Waals surface area contributed by atoms with Crippen LogP contribution in [0.3, 0.4) is 0 Å². The van der Waals surface area contributed by atoms with Gasteiger partial charge in [0.1, 0.15) is 11.6 Å². The summed E-state index contributed by atoms with van der Waals surface area (Å²) >= 11 is 1.55. The fourth-order valence-corrected chi connectivity index (χ4v) is 6.16. The van der Waals surface area contributed by atoms with Crippen molar-refractivity contribution in [2.45, 2.75) is 46.6 Å². The van der Waals surface area contributed by atoms with Crippen LogP contribution < -0.4 is 9.04 Å². The Bertz CT molecular complexity index is 1340. The van der Waals surface area contributed by atoms with Crippen molar-refractivity contribution in [2.24, 2.45) is 0 Å². The van der Waals surface area contributed by atoms with Gasteiger partial charge >= 0.3 is 5.97 Å². The van der Waals surface area contributed by atoms with Gasteiger partial charge in [0.15, 0.2) is 0 Å². The molecule has 0 amide bonds. The number of anilines is 1. The highest BCUT2D eigenvalue weighted by atomic mass is 32.2. The molecule has 3 aromatic rings. The summed E-state index contributed by atoms with van der Waals surface area (Å²) in [4.78, 5) is 16.5. The van der Waals surface area contributed by atoms with E-state index in [1.165, 1.54) is 11.8 Å². The van der Waals surface area contributed by atoms with Crippen molar-refractivity contribution in [1.82, 2.24) is 4.98 Å². The van der Waals surface area contributed by atoms with Gasteiger partial charge in [-0.05, 0) is 84.7 Å². The Kier molecular flexibility index (Phi) is 5.76. The summed E-state index contributed by atoms with van der Waals surface area (Å²) in [7, 11) is 0. The average molecular weight is 479 g/mol. The minimum Gasteiger partial charge on any atom is -0.493 e. The van der Waals surface area contributed by atoms with E-state index in [4.69, 9.17) is 4.74 Å². The second kappa shape index (κ2) is 8.62. The number of benzene rings is 2. The van der Waals surface area contributed by atoms with Crippen LogP contribution in [0, 0.1) is 26.6 Å². The number of hydrogen-bond acceptors (Lipinski definition) is 5. The maximum Gasteiger partial charge on any atom is 0.307 e. The van der Waals surface area contributed by atoms with Crippen molar-refractivity contribution in [2.75, 3.05) is 17.2 Å². The minimum absolute atomic E-state index is 0.0752. The molecule has 3 heterocycles. The Balaban J connectivity index is 1.87. The lowest BCUT2D eigenvalue weighted by Gasteiger charge is -2.35. The zero-order chi connectivity index (χ0) is 24.1. The van der Waals surface area contributed by atoms with Crippen LogP contribution in [0.15, 0.2) is 24.4 Å². The number of hydrogen-bond donors (Lipinski definition) is 1. The zero-order valence-electron chi connectivity index (χ0n) is 19.8. The second-order valence-corrected chi connectivity index (χ2v) is 9.75. The number of aromatic nitrogens is 1. The Morgan fingerprint density at radius 2 is 2.00 bits per heavy atom. The molecule has 0 radical (unpaired) electrons. The number of carboxylic acids is 1. The van der Waals surface area contributed by atoms with Gasteiger partial charge in [-0.25, -0.2) is 4.39 Å². The van der Waals surface area contributed by atoms with Crippen LogP contribution >= 0.6 is 11.9 Å². The number of pyridine rings is 1. The molecule has 1 aromatic heterocycles. The molecule has 2 aliphatic heterocycles. The Morgan fingerprint density at radius 1 is 1.21 bits per heavy atom. The third kappa shape index (κ3) is 3.54. The number of carbonyl (C=O) groups is 1. The fourth-order valence-electron chi connectivity index (χ4n) is 5.48. The molecule has 0 bridgehead atoms. The summed E-state index contributed by atoms with van der Waals surface area (Å²) in [6.07, 6.45) is 5.07. The van der Waals surface area contributed by atoms with Crippen LogP contribution in [0.5, 0.6) is 5.75 Å². The standard InChI is InChI=1S/C27H27FN2O3S/c1-14-19-6-5-9-33-22(19)8-7-20(14)24-16(3)25-26-17(10-18(28)12-29-26)13-30(34-4)27(25)15(2)21(24)11-23(31)32/h7-8,10,12H,5-6,9,11,13H2,1-4H3,(H,31,32). The molecule has 0 atom stereocenters. The molecule has 0 saturated heterocycles. The maximum atomic E-state index is 14.1. The topological polar surface area (TPSA) is 62.7 Å². The third-order valence-electron chi connectivity index (χ3n) is 7.03. The van der Waals surface area contributed by atoms with Gasteiger partial charge in [0.05, 0.1) is 37.2 Å². The molecule has 0 saturated carbocycles. The number of nitrogens with zero attached hydrogens (tertiary/aromatic N) is 2. The minimum atomic E-state index is -0.866. The predicted molar refractivity (Wildman–Crippen MR) is 134 cm³/mol. The molecular formula is C27H27FN2O3S. The van der Waals surface area contributed by atoms with Gasteiger partial charge in [-0.3, -0.25) is 9.78 Å². The van der Waals surface area contributed by atoms with E-state index in [1.54, 1.807) is 18.0 Å². The lowest BCUT2D eigenvalue weighted by Crippen LogP contribution is -2.23. The normalized spacial score (nSPS) is 14.2. The monoisotopic (exact) mass is 478 g/mol. The number of aliphatic carboxylic acids is 1. The molecule has 7 heteroatoms. The van der Waals surface area contributed by atoms with E-state index in [0.29, 0.717) is 6.54 Å². The summed E-state index contributed by atoms with van der Waals surface area (Å²) in [6, 6.07) is 5.61. The number of halogens is 1. The largest absolute Gasteiger partial charge is 0.493 e. The van der Waals surface area contributed by atoms with Crippen LogP contribution in [-0.2, 0) is 24.2 Å². The van der Waals surface area contributed by atoms with Gasteiger partial charge in [-0.1, -0.05) is 18.0 Å². The van der Waals surface area contributed by atoms with E-state index in [9.17, 15) is 14.3 Å². The van der Waals surface area contributed by atoms with E-state index in [0.717, 1.165) is 81.1 Å². The van der Waals surface area contributed by atoms with Crippen molar-refractivity contribution in [1.29, 1.82) is 0 Å². The smallest absolute Gasteiger partial charge is 0.307 e. The van der Waals surface area contributed by atoms with Crippen LogP contribution in [0.4, 0.5) is 10.1 Å². The molecule has 0 unspecified atom stereocenters. The summed E-state index contributed by atoms with van der Waals surface area (Å²) in [5, 5.41) is 9.84. The van der Waals surface area contributed by atoms with Crippen LogP contribution in [0.2, 0.25) is 0 Å². The summed E-state index contributed by atoms with van der Waals surface area (Å²) in [6.45, 7) is 7.35. The third-order valence-corrected chi connectivity index (χ3v) is 7.78. The predicted octanol–water partition coefficient (Wildman–Crippen LogP) is 6.03. The van der Waals surface area contributed by atoms with Gasteiger partial charge in [-0.15, -0.1) is 0 Å². The van der Waals surface area contributed by atoms with E-state index < -0.39 is 5.97 Å². The molecule has 0 spiro atoms. The van der Waals surface area contributed by atoms with Gasteiger partial charge < -0.3 is 14.1 Å². The van der Waals surface area contributed by atoms with Crippen molar-refractivity contribution in [3.63, 3.8) is 0 Å². The number of ether oxygens (including phenoxy) is 1. The fraction of sp³-hybridized carbons (Fsp3) is 0.333. The van der Waals surface area contributed by atoms with E-state index in [-0.39, 0.29) is 12.2 Å². The van der Waals surface area contributed by atoms with Gasteiger partial charge in [0.2, 0.25) is 0 Å². The van der Waals surface area contributed by atoms with E-state index >= 15 is 0 Å². The van der Waals surface area contributed by atoms with E-state index in [2.05, 4.69) is 16.2 Å². The first-order chi connectivity index (χ1) is 16.3. The van der Waals surface area contributed by atoms with Crippen LogP contribution in [0.25, 0.3) is 22.4 Å². The van der Waals surface area contributed by atoms with Gasteiger partial charge in [0.25, 0.3) is 0 Å². The van der Waals surface area contributed by atoms with Gasteiger partial charge in [0, 0.05) is 17.4 Å². The van der Waals surface area contributed by atoms with Crippen LogP contribution in [-0.4, -0.2) is 28.9 Å². The molecule has 2 aliphatic rings. The first-order valence-electron chi connectivity index (χ1n) is 11.4. The molecule has 34 heavy (non-hydrogen) atoms. The van der Waals surface area contributed by atoms with Crippen molar-refractivity contribution < 1.29 is 19.0 Å². The highest BCUT2D eigenvalue weighted by Crippen LogP contribution is 2.50. The lowest BCUT2D eigenvalue weighted by molar-refractivity contribution is -0.136. The molecule has 2 aromatic carbocycles. The summed E-state index contributed by atoms with van der Waals surface area (Å²) < 4.78 is 22.1. The average Bonchev–Trinajstić information content (AvgIpc) is 2.82. The Morgan fingerprint density at radius 3 is 2.74 bits per heavy atom. The second-order valence-electron chi connectivity index (χ2n) is 8.94. The van der Waals surface area contributed by atoms with Crippen molar-refractivity contribution in [3.05, 3.63) is 63.6 Å². The highest BCUT2D eigenvalue weighted by Gasteiger charge is 2.32. The molecule has 176 valence electrons. The zero-order valence-corrected chi connectivity index (χ0v) is 20.6. The number of rotatable bonds is 4. The first-order valence-corrected chi connectivity index (χ1v) is 12.6. The number of fused-ring (bicyclic) bond motifs is 4. The summed E-state index contributed by atoms with van der Waals surface area (Å²) in [5.74, 6) is -0.309. The first kappa shape index (κ1) is 22.7. The highest BCUT2D eigenvalue weighted by molar-refractivity contribution is 7.99. The Labute approximate surface area is 203 Å². The molecule has 0 aliphatic carbocycles. The Hall–Kier alpha value is -3.06. The molecule has 5 nitrogen and oxygen atoms in total. The maximum absolute atomic E-state index is 14.1. The van der Waals surface area contributed by atoms with Gasteiger partial charge in [-0.2, -0.15) is 0 Å². The molecule has 5 rings (SSSR count). The van der Waals surface area contributed by atoms with Crippen molar-refractivity contribution >= 4 is 23.6 Å². The van der Waals surface area contributed by atoms with Crippen molar-refractivity contribution in [3.8, 4) is 28.1 Å². The molecular weight excluding hydrogens is 451 g/mol. The SMILES string of the molecule is CSN1Cc2cc(F)cnc2-c2c(C)c(-c3ccc4c(c3C)CCCO4)c(CC(=O)O)c(C)c21.